The van der Waals surface area contributed by atoms with Crippen molar-refractivity contribution in [3.8, 4) is 0 Å². The van der Waals surface area contributed by atoms with Crippen molar-refractivity contribution in [2.24, 2.45) is 0 Å². The van der Waals surface area contributed by atoms with E-state index in [1.807, 2.05) is 0 Å². The SMILES string of the molecule is CCCCCCCCCCCCCCCCCCCCCCCCCC(O)C(CO)NC(=O)CCCCCCCCCCCCCCCCCC. The zero-order chi connectivity index (χ0) is 37.1. The Morgan fingerprint density at radius 1 is 0.392 bits per heavy atom. The van der Waals surface area contributed by atoms with Crippen molar-refractivity contribution < 1.29 is 15.0 Å². The van der Waals surface area contributed by atoms with E-state index in [0.717, 1.165) is 25.7 Å². The van der Waals surface area contributed by atoms with Gasteiger partial charge in [-0.25, -0.2) is 0 Å². The molecule has 0 aromatic heterocycles. The summed E-state index contributed by atoms with van der Waals surface area (Å²) >= 11 is 0. The van der Waals surface area contributed by atoms with Gasteiger partial charge in [0.15, 0.2) is 0 Å². The summed E-state index contributed by atoms with van der Waals surface area (Å²) in [6, 6.07) is -0.529. The lowest BCUT2D eigenvalue weighted by Gasteiger charge is -2.22. The second kappa shape index (κ2) is 43.8. The summed E-state index contributed by atoms with van der Waals surface area (Å²) in [5.74, 6) is -0.0252. The fourth-order valence-corrected chi connectivity index (χ4v) is 7.72. The molecule has 0 saturated carbocycles. The number of carbonyl (C=O) groups excluding carboxylic acids is 1. The Kier molecular flexibility index (Phi) is 43.3. The molecule has 51 heavy (non-hydrogen) atoms. The maximum absolute atomic E-state index is 12.4. The number of aliphatic hydroxyl groups is 2. The molecule has 2 atom stereocenters. The predicted octanol–water partition coefficient (Wildman–Crippen LogP) is 14.9. The number of amides is 1. The average Bonchev–Trinajstić information content (AvgIpc) is 3.13. The lowest BCUT2D eigenvalue weighted by Crippen LogP contribution is -2.45. The molecule has 306 valence electrons. The molecule has 2 unspecified atom stereocenters. The van der Waals surface area contributed by atoms with Crippen LogP contribution in [-0.4, -0.2) is 34.9 Å². The second-order valence-electron chi connectivity index (χ2n) is 16.5. The topological polar surface area (TPSA) is 69.6 Å². The van der Waals surface area contributed by atoms with Crippen LogP contribution in [0.4, 0.5) is 0 Å². The van der Waals surface area contributed by atoms with E-state index in [1.54, 1.807) is 0 Å². The number of hydrogen-bond acceptors (Lipinski definition) is 3. The highest BCUT2D eigenvalue weighted by Crippen LogP contribution is 2.17. The molecule has 0 fully saturated rings. The Bertz CT molecular complexity index is 655. The number of hydrogen-bond donors (Lipinski definition) is 3. The highest BCUT2D eigenvalue weighted by atomic mass is 16.3. The molecule has 4 heteroatoms. The normalized spacial score (nSPS) is 12.8. The third kappa shape index (κ3) is 40.4. The van der Waals surface area contributed by atoms with Gasteiger partial charge in [-0.3, -0.25) is 4.79 Å². The van der Waals surface area contributed by atoms with Crippen LogP contribution in [0.15, 0.2) is 0 Å². The molecule has 0 aromatic carbocycles. The van der Waals surface area contributed by atoms with Crippen LogP contribution in [0.5, 0.6) is 0 Å². The van der Waals surface area contributed by atoms with Gasteiger partial charge >= 0.3 is 0 Å². The van der Waals surface area contributed by atoms with Crippen LogP contribution in [-0.2, 0) is 4.79 Å². The minimum absolute atomic E-state index is 0.0252. The van der Waals surface area contributed by atoms with Gasteiger partial charge in [0.2, 0.25) is 5.91 Å². The first-order valence-corrected chi connectivity index (χ1v) is 23.7. The molecule has 4 nitrogen and oxygen atoms in total. The standard InChI is InChI=1S/C47H95NO3/c1-3-5-7-9-11-13-15-17-19-21-22-23-24-25-26-27-28-30-32-34-36-38-40-42-46(50)45(44-49)48-47(51)43-41-39-37-35-33-31-29-20-18-16-14-12-10-8-6-4-2/h45-46,49-50H,3-44H2,1-2H3,(H,48,51). The Hall–Kier alpha value is -0.610. The predicted molar refractivity (Wildman–Crippen MR) is 226 cm³/mol. The average molecular weight is 722 g/mol. The Balaban J connectivity index is 3.44. The molecule has 0 aliphatic carbocycles. The molecular formula is C47H95NO3. The van der Waals surface area contributed by atoms with E-state index in [9.17, 15) is 15.0 Å². The first kappa shape index (κ1) is 50.4. The minimum Gasteiger partial charge on any atom is -0.394 e. The van der Waals surface area contributed by atoms with E-state index >= 15 is 0 Å². The van der Waals surface area contributed by atoms with Gasteiger partial charge in [0.25, 0.3) is 0 Å². The van der Waals surface area contributed by atoms with Crippen molar-refractivity contribution >= 4 is 5.91 Å². The highest BCUT2D eigenvalue weighted by molar-refractivity contribution is 5.76. The molecule has 3 N–H and O–H groups in total. The van der Waals surface area contributed by atoms with Gasteiger partial charge in [0, 0.05) is 6.42 Å². The number of nitrogens with one attached hydrogen (secondary N) is 1. The first-order valence-electron chi connectivity index (χ1n) is 23.7. The van der Waals surface area contributed by atoms with Gasteiger partial charge in [0.1, 0.15) is 0 Å². The van der Waals surface area contributed by atoms with Crippen LogP contribution in [0.1, 0.15) is 277 Å². The zero-order valence-corrected chi connectivity index (χ0v) is 35.2. The van der Waals surface area contributed by atoms with Crippen molar-refractivity contribution in [3.63, 3.8) is 0 Å². The quantitative estimate of drug-likeness (QED) is 0.0549. The van der Waals surface area contributed by atoms with Gasteiger partial charge < -0.3 is 15.5 Å². The first-order chi connectivity index (χ1) is 25.2. The number of unbranched alkanes of at least 4 members (excludes halogenated alkanes) is 37. The number of rotatable bonds is 44. The van der Waals surface area contributed by atoms with Crippen molar-refractivity contribution in [3.05, 3.63) is 0 Å². The fraction of sp³-hybridized carbons (Fsp3) is 0.979. The third-order valence-corrected chi connectivity index (χ3v) is 11.4. The molecule has 0 aliphatic heterocycles. The minimum atomic E-state index is -0.653. The third-order valence-electron chi connectivity index (χ3n) is 11.4. The molecule has 0 aromatic rings. The fourth-order valence-electron chi connectivity index (χ4n) is 7.72. The smallest absolute Gasteiger partial charge is 0.220 e. The maximum Gasteiger partial charge on any atom is 0.220 e. The molecule has 0 radical (unpaired) electrons. The van der Waals surface area contributed by atoms with Crippen molar-refractivity contribution in [1.82, 2.24) is 5.32 Å². The zero-order valence-electron chi connectivity index (χ0n) is 35.2. The Morgan fingerprint density at radius 2 is 0.627 bits per heavy atom. The molecule has 1 amide bonds. The van der Waals surface area contributed by atoms with Crippen LogP contribution in [0.2, 0.25) is 0 Å². The van der Waals surface area contributed by atoms with E-state index in [2.05, 4.69) is 19.2 Å². The highest BCUT2D eigenvalue weighted by Gasteiger charge is 2.20. The molecule has 0 bridgehead atoms. The number of carbonyl (C=O) groups is 1. The van der Waals surface area contributed by atoms with E-state index in [1.165, 1.54) is 225 Å². The lowest BCUT2D eigenvalue weighted by atomic mass is 10.0. The summed E-state index contributed by atoms with van der Waals surface area (Å²) in [6.07, 6.45) is 53.4. The van der Waals surface area contributed by atoms with Crippen molar-refractivity contribution in [2.75, 3.05) is 6.61 Å². The molecule has 0 aliphatic rings. The van der Waals surface area contributed by atoms with E-state index < -0.39 is 12.1 Å². The largest absolute Gasteiger partial charge is 0.394 e. The summed E-state index contributed by atoms with van der Waals surface area (Å²) in [5.41, 5.74) is 0. The van der Waals surface area contributed by atoms with Gasteiger partial charge in [-0.2, -0.15) is 0 Å². The van der Waals surface area contributed by atoms with E-state index in [0.29, 0.717) is 12.8 Å². The van der Waals surface area contributed by atoms with E-state index in [4.69, 9.17) is 0 Å². The van der Waals surface area contributed by atoms with Gasteiger partial charge in [0.05, 0.1) is 18.8 Å². The van der Waals surface area contributed by atoms with Crippen LogP contribution >= 0.6 is 0 Å². The van der Waals surface area contributed by atoms with Crippen LogP contribution in [0.25, 0.3) is 0 Å². The molecule has 0 spiro atoms. The van der Waals surface area contributed by atoms with Crippen molar-refractivity contribution in [2.45, 2.75) is 289 Å². The Labute approximate surface area is 321 Å². The summed E-state index contributed by atoms with van der Waals surface area (Å²) in [6.45, 7) is 4.39. The maximum atomic E-state index is 12.4. The molecular weight excluding hydrogens is 627 g/mol. The molecule has 0 saturated heterocycles. The van der Waals surface area contributed by atoms with E-state index in [-0.39, 0.29) is 12.5 Å². The summed E-state index contributed by atoms with van der Waals surface area (Å²) < 4.78 is 0. The van der Waals surface area contributed by atoms with Crippen LogP contribution in [0.3, 0.4) is 0 Å². The second-order valence-corrected chi connectivity index (χ2v) is 16.5. The summed E-state index contributed by atoms with van der Waals surface area (Å²) in [5, 5.41) is 23.2. The number of aliphatic hydroxyl groups excluding tert-OH is 2. The van der Waals surface area contributed by atoms with Crippen LogP contribution < -0.4 is 5.32 Å². The molecule has 0 heterocycles. The lowest BCUT2D eigenvalue weighted by molar-refractivity contribution is -0.123. The Morgan fingerprint density at radius 3 is 0.882 bits per heavy atom. The summed E-state index contributed by atoms with van der Waals surface area (Å²) in [4.78, 5) is 12.4. The summed E-state index contributed by atoms with van der Waals surface area (Å²) in [7, 11) is 0. The van der Waals surface area contributed by atoms with Crippen molar-refractivity contribution in [1.29, 1.82) is 0 Å². The monoisotopic (exact) mass is 722 g/mol. The van der Waals surface area contributed by atoms with Gasteiger partial charge in [-0.1, -0.05) is 258 Å². The van der Waals surface area contributed by atoms with Crippen LogP contribution in [0, 0.1) is 0 Å². The van der Waals surface area contributed by atoms with Gasteiger partial charge in [-0.15, -0.1) is 0 Å². The molecule has 0 rings (SSSR count). The van der Waals surface area contributed by atoms with Gasteiger partial charge in [-0.05, 0) is 12.8 Å².